The predicted molar refractivity (Wildman–Crippen MR) is 174 cm³/mol. The summed E-state index contributed by atoms with van der Waals surface area (Å²) >= 11 is 18.7. The summed E-state index contributed by atoms with van der Waals surface area (Å²) in [5.74, 6) is -0.425. The topological polar surface area (TPSA) is 98.8 Å². The molecule has 0 bridgehead atoms. The molecule has 232 valence electrons. The number of carbonyl (C=O) groups excluding carboxylic acids is 2. The molecule has 3 aliphatic heterocycles. The smallest absolute Gasteiger partial charge is 0.245 e. The van der Waals surface area contributed by atoms with Crippen molar-refractivity contribution in [3.63, 3.8) is 0 Å². The van der Waals surface area contributed by atoms with Crippen molar-refractivity contribution in [3.8, 4) is 0 Å². The number of hydrogen-bond donors (Lipinski definition) is 2. The highest BCUT2D eigenvalue weighted by Crippen LogP contribution is 2.48. The number of fused-ring (bicyclic) bond motifs is 3. The molecule has 6 rings (SSSR count). The Morgan fingerprint density at radius 3 is 2.32 bits per heavy atom. The van der Waals surface area contributed by atoms with Crippen molar-refractivity contribution in [3.05, 3.63) is 98.0 Å². The molecule has 0 aliphatic carbocycles. The van der Waals surface area contributed by atoms with Gasteiger partial charge in [0, 0.05) is 53.1 Å². The second-order valence-electron chi connectivity index (χ2n) is 12.0. The minimum Gasteiger partial charge on any atom is -0.343 e. The summed E-state index contributed by atoms with van der Waals surface area (Å²) < 4.78 is 26.7. The van der Waals surface area contributed by atoms with Gasteiger partial charge in [0.15, 0.2) is 0 Å². The zero-order valence-electron chi connectivity index (χ0n) is 24.2. The van der Waals surface area contributed by atoms with E-state index >= 15 is 0 Å². The van der Waals surface area contributed by atoms with Crippen LogP contribution >= 0.6 is 34.8 Å². The molecule has 1 fully saturated rings. The van der Waals surface area contributed by atoms with Crippen molar-refractivity contribution in [2.75, 3.05) is 30.2 Å². The molecule has 3 aliphatic rings. The van der Waals surface area contributed by atoms with Gasteiger partial charge < -0.3 is 15.5 Å². The van der Waals surface area contributed by atoms with Crippen LogP contribution in [0.25, 0.3) is 0 Å². The third-order valence-corrected chi connectivity index (χ3v) is 10.9. The summed E-state index contributed by atoms with van der Waals surface area (Å²) in [6, 6.07) is 16.9. The summed E-state index contributed by atoms with van der Waals surface area (Å²) in [7, 11) is -3.49. The molecule has 3 aromatic carbocycles. The maximum Gasteiger partial charge on any atom is 0.245 e. The number of anilines is 1. The molecule has 12 heteroatoms. The molecule has 44 heavy (non-hydrogen) atoms. The average molecular weight is 676 g/mol. The first kappa shape index (κ1) is 31.2. The molecule has 2 unspecified atom stereocenters. The van der Waals surface area contributed by atoms with Gasteiger partial charge in [0.05, 0.1) is 18.0 Å². The van der Waals surface area contributed by atoms with E-state index in [0.717, 1.165) is 22.3 Å². The third-order valence-electron chi connectivity index (χ3n) is 9.09. The number of rotatable bonds is 6. The van der Waals surface area contributed by atoms with E-state index < -0.39 is 27.5 Å². The number of sulfonamides is 1. The Kier molecular flexibility index (Phi) is 8.63. The highest BCUT2D eigenvalue weighted by Gasteiger charge is 2.48. The van der Waals surface area contributed by atoms with Gasteiger partial charge in [-0.25, -0.2) is 8.42 Å². The lowest BCUT2D eigenvalue weighted by Gasteiger charge is -2.41. The van der Waals surface area contributed by atoms with Crippen LogP contribution in [0.1, 0.15) is 35.1 Å². The molecule has 3 aromatic rings. The molecule has 3 heterocycles. The van der Waals surface area contributed by atoms with Crippen LogP contribution in [0.3, 0.4) is 0 Å². The highest BCUT2D eigenvalue weighted by atomic mass is 35.5. The van der Waals surface area contributed by atoms with Crippen molar-refractivity contribution >= 4 is 62.3 Å². The standard InChI is InChI=1S/C32H33Cl3N4O4S/c1-44(42,43)39-19-32(26-17-25(35)8-9-29(26)39)10-12-38(13-11-32)31(41)28(14-20-2-5-23(33)6-3-20)37-30(40)27-16-22-15-24(34)7-4-21(22)18-36-27/h2-9,15,17,27-28,36H,10-14,16,18-19H2,1H3,(H,37,40). The largest absolute Gasteiger partial charge is 0.343 e. The van der Waals surface area contributed by atoms with E-state index in [1.54, 1.807) is 29.2 Å². The Morgan fingerprint density at radius 1 is 0.955 bits per heavy atom. The molecular weight excluding hydrogens is 643 g/mol. The van der Waals surface area contributed by atoms with Gasteiger partial charge in [-0.05, 0) is 84.0 Å². The Morgan fingerprint density at radius 2 is 1.61 bits per heavy atom. The Labute approximate surface area is 272 Å². The van der Waals surface area contributed by atoms with Gasteiger partial charge >= 0.3 is 0 Å². The normalized spacial score (nSPS) is 19.8. The second kappa shape index (κ2) is 12.2. The quantitative estimate of drug-likeness (QED) is 0.394. The van der Waals surface area contributed by atoms with Crippen LogP contribution in [0.15, 0.2) is 60.7 Å². The lowest BCUT2D eigenvalue weighted by Crippen LogP contribution is -2.57. The Bertz CT molecular complexity index is 1710. The number of likely N-dealkylation sites (tertiary alicyclic amines) is 1. The van der Waals surface area contributed by atoms with Crippen LogP contribution in [-0.4, -0.2) is 63.1 Å². The van der Waals surface area contributed by atoms with Gasteiger partial charge in [-0.15, -0.1) is 0 Å². The van der Waals surface area contributed by atoms with Gasteiger partial charge in [0.2, 0.25) is 21.8 Å². The first-order valence-electron chi connectivity index (χ1n) is 14.5. The van der Waals surface area contributed by atoms with E-state index in [1.807, 2.05) is 36.4 Å². The fourth-order valence-corrected chi connectivity index (χ4v) is 8.18. The Balaban J connectivity index is 1.20. The second-order valence-corrected chi connectivity index (χ2v) is 15.2. The molecule has 0 aromatic heterocycles. The lowest BCUT2D eigenvalue weighted by molar-refractivity contribution is -0.138. The zero-order chi connectivity index (χ0) is 31.2. The highest BCUT2D eigenvalue weighted by molar-refractivity contribution is 7.92. The monoisotopic (exact) mass is 674 g/mol. The molecule has 1 spiro atoms. The van der Waals surface area contributed by atoms with E-state index in [9.17, 15) is 18.0 Å². The summed E-state index contributed by atoms with van der Waals surface area (Å²) in [5.41, 5.74) is 4.08. The number of hydrogen-bond acceptors (Lipinski definition) is 5. The minimum absolute atomic E-state index is 0.174. The molecular formula is C32H33Cl3N4O4S. The van der Waals surface area contributed by atoms with Gasteiger partial charge in [0.25, 0.3) is 0 Å². The molecule has 2 amide bonds. The minimum atomic E-state index is -3.49. The molecule has 2 N–H and O–H groups in total. The van der Waals surface area contributed by atoms with E-state index in [0.29, 0.717) is 72.6 Å². The van der Waals surface area contributed by atoms with Crippen molar-refractivity contribution in [1.29, 1.82) is 0 Å². The summed E-state index contributed by atoms with van der Waals surface area (Å²) in [5, 5.41) is 8.09. The van der Waals surface area contributed by atoms with Crippen LogP contribution < -0.4 is 14.9 Å². The van der Waals surface area contributed by atoms with Gasteiger partial charge in [-0.1, -0.05) is 53.0 Å². The third kappa shape index (κ3) is 6.30. The van der Waals surface area contributed by atoms with E-state index in [-0.39, 0.29) is 11.8 Å². The molecule has 2 atom stereocenters. The first-order valence-corrected chi connectivity index (χ1v) is 17.5. The zero-order valence-corrected chi connectivity index (χ0v) is 27.2. The van der Waals surface area contributed by atoms with Gasteiger partial charge in [-0.3, -0.25) is 13.9 Å². The number of nitrogens with zero attached hydrogens (tertiary/aromatic N) is 2. The van der Waals surface area contributed by atoms with Crippen LogP contribution in [0.5, 0.6) is 0 Å². The van der Waals surface area contributed by atoms with Crippen molar-refractivity contribution in [2.45, 2.75) is 49.7 Å². The van der Waals surface area contributed by atoms with Crippen molar-refractivity contribution in [1.82, 2.24) is 15.5 Å². The summed E-state index contributed by atoms with van der Waals surface area (Å²) in [4.78, 5) is 29.4. The fraction of sp³-hybridized carbons (Fsp3) is 0.375. The van der Waals surface area contributed by atoms with E-state index in [4.69, 9.17) is 34.8 Å². The number of amides is 2. The lowest BCUT2D eigenvalue weighted by atomic mass is 9.74. The maximum atomic E-state index is 14.1. The number of nitrogens with one attached hydrogen (secondary N) is 2. The van der Waals surface area contributed by atoms with Crippen LogP contribution in [0, 0.1) is 0 Å². The average Bonchev–Trinajstić information content (AvgIpc) is 3.30. The SMILES string of the molecule is CS(=O)(=O)N1CC2(CCN(C(=O)C(Cc3ccc(Cl)cc3)NC(=O)C3Cc4cc(Cl)ccc4CN3)CC2)c2cc(Cl)ccc21. The molecule has 0 saturated carbocycles. The van der Waals surface area contributed by atoms with Gasteiger partial charge in [-0.2, -0.15) is 0 Å². The number of halogens is 3. The molecule has 0 radical (unpaired) electrons. The molecule has 1 saturated heterocycles. The van der Waals surface area contributed by atoms with Crippen LogP contribution in [-0.2, 0) is 44.4 Å². The van der Waals surface area contributed by atoms with Gasteiger partial charge in [0.1, 0.15) is 6.04 Å². The van der Waals surface area contributed by atoms with E-state index in [1.165, 1.54) is 10.6 Å². The predicted octanol–water partition coefficient (Wildman–Crippen LogP) is 4.73. The van der Waals surface area contributed by atoms with Crippen molar-refractivity contribution < 1.29 is 18.0 Å². The first-order chi connectivity index (χ1) is 20.9. The Hall–Kier alpha value is -2.82. The number of piperidine rings is 1. The molecule has 8 nitrogen and oxygen atoms in total. The summed E-state index contributed by atoms with van der Waals surface area (Å²) in [6.07, 6.45) is 3.12. The van der Waals surface area contributed by atoms with Crippen molar-refractivity contribution in [2.24, 2.45) is 0 Å². The summed E-state index contributed by atoms with van der Waals surface area (Å²) in [6.45, 7) is 1.68. The van der Waals surface area contributed by atoms with Crippen LogP contribution in [0.4, 0.5) is 5.69 Å². The number of carbonyl (C=O) groups is 2. The fourth-order valence-electron chi connectivity index (χ4n) is 6.69. The van der Waals surface area contributed by atoms with Crippen LogP contribution in [0.2, 0.25) is 15.1 Å². The maximum absolute atomic E-state index is 14.1. The number of benzene rings is 3. The van der Waals surface area contributed by atoms with E-state index in [2.05, 4.69) is 10.6 Å².